The summed E-state index contributed by atoms with van der Waals surface area (Å²) in [5.74, 6) is 1.96. The molecule has 0 fully saturated rings. The van der Waals surface area contributed by atoms with Crippen molar-refractivity contribution in [2.24, 2.45) is 0 Å². The van der Waals surface area contributed by atoms with Crippen molar-refractivity contribution in [2.45, 2.75) is 24.6 Å². The zero-order valence-corrected chi connectivity index (χ0v) is 12.8. The Balaban J connectivity index is 1.57. The van der Waals surface area contributed by atoms with Gasteiger partial charge >= 0.3 is 6.03 Å². The molecule has 2 N–H and O–H groups in total. The molecule has 0 aliphatic carbocycles. The minimum atomic E-state index is -0.282. The smallest absolute Gasteiger partial charge is 0.320 e. The molecule has 108 valence electrons. The molecule has 2 aromatic rings. The number of thioether (sulfide) groups is 1. The van der Waals surface area contributed by atoms with Crippen LogP contribution in [0.3, 0.4) is 0 Å². The number of aryl methyl sites for hydroxylation is 2. The van der Waals surface area contributed by atoms with Gasteiger partial charge in [-0.25, -0.2) is 4.79 Å². The summed E-state index contributed by atoms with van der Waals surface area (Å²) in [6.07, 6.45) is 0.856. The minimum absolute atomic E-state index is 0.282. The van der Waals surface area contributed by atoms with E-state index >= 15 is 0 Å². The summed E-state index contributed by atoms with van der Waals surface area (Å²) in [5, 5.41) is 18.0. The number of anilines is 1. The summed E-state index contributed by atoms with van der Waals surface area (Å²) in [5.41, 5.74) is 0. The molecule has 0 aliphatic rings. The highest BCUT2D eigenvalue weighted by atomic mass is 32.2. The predicted octanol–water partition coefficient (Wildman–Crippen LogP) is 2.45. The molecular weight excluding hydrogens is 298 g/mol. The Morgan fingerprint density at radius 2 is 2.30 bits per heavy atom. The topological polar surface area (TPSA) is 92.9 Å². The van der Waals surface area contributed by atoms with Crippen molar-refractivity contribution >= 4 is 34.9 Å². The van der Waals surface area contributed by atoms with Gasteiger partial charge in [-0.2, -0.15) is 0 Å². The van der Waals surface area contributed by atoms with Crippen molar-refractivity contribution in [3.05, 3.63) is 16.8 Å². The van der Waals surface area contributed by atoms with Crippen LogP contribution in [0.5, 0.6) is 0 Å². The fourth-order valence-electron chi connectivity index (χ4n) is 1.36. The largest absolute Gasteiger partial charge is 0.360 e. The van der Waals surface area contributed by atoms with Gasteiger partial charge in [0.1, 0.15) is 10.8 Å². The maximum Gasteiger partial charge on any atom is 0.320 e. The number of hydrogen-bond acceptors (Lipinski definition) is 7. The normalized spacial score (nSPS) is 10.5. The first-order valence-electron chi connectivity index (χ1n) is 6.04. The number of nitrogens with zero attached hydrogens (tertiary/aromatic N) is 3. The highest BCUT2D eigenvalue weighted by molar-refractivity contribution is 8.01. The van der Waals surface area contributed by atoms with E-state index in [9.17, 15) is 4.79 Å². The Morgan fingerprint density at radius 1 is 1.45 bits per heavy atom. The lowest BCUT2D eigenvalue weighted by Gasteiger charge is -2.04. The Hall–Kier alpha value is -1.61. The Kier molecular flexibility index (Phi) is 5.36. The first kappa shape index (κ1) is 14.8. The lowest BCUT2D eigenvalue weighted by atomic mass is 10.5. The number of carbonyl (C=O) groups is 1. The predicted molar refractivity (Wildman–Crippen MR) is 78.2 cm³/mol. The lowest BCUT2D eigenvalue weighted by Crippen LogP contribution is -2.29. The summed E-state index contributed by atoms with van der Waals surface area (Å²) in [6.45, 7) is 4.29. The zero-order chi connectivity index (χ0) is 14.4. The van der Waals surface area contributed by atoms with Gasteiger partial charge in [-0.15, -0.1) is 10.2 Å². The van der Waals surface area contributed by atoms with Gasteiger partial charge < -0.3 is 9.84 Å². The second kappa shape index (κ2) is 7.25. The molecule has 2 aromatic heterocycles. The van der Waals surface area contributed by atoms with Crippen LogP contribution < -0.4 is 10.6 Å². The van der Waals surface area contributed by atoms with E-state index in [0.717, 1.165) is 21.5 Å². The van der Waals surface area contributed by atoms with Gasteiger partial charge in [0, 0.05) is 18.4 Å². The maximum absolute atomic E-state index is 11.5. The Bertz CT molecular complexity index is 569. The molecule has 0 unspecified atom stereocenters. The number of urea groups is 1. The molecular formula is C11H15N5O2S2. The molecule has 2 heterocycles. The monoisotopic (exact) mass is 313 g/mol. The van der Waals surface area contributed by atoms with E-state index in [1.54, 1.807) is 36.1 Å². The van der Waals surface area contributed by atoms with Gasteiger partial charge in [-0.3, -0.25) is 5.32 Å². The van der Waals surface area contributed by atoms with E-state index in [1.165, 1.54) is 0 Å². The van der Waals surface area contributed by atoms with E-state index in [4.69, 9.17) is 4.52 Å². The fraction of sp³-hybridized carbons (Fsp3) is 0.455. The summed E-state index contributed by atoms with van der Waals surface area (Å²) < 4.78 is 5.81. The highest BCUT2D eigenvalue weighted by Crippen LogP contribution is 2.21. The van der Waals surface area contributed by atoms with Crippen molar-refractivity contribution in [1.29, 1.82) is 0 Å². The van der Waals surface area contributed by atoms with Crippen LogP contribution in [0.25, 0.3) is 0 Å². The second-order valence-electron chi connectivity index (χ2n) is 3.99. The maximum atomic E-state index is 11.5. The molecule has 0 spiro atoms. The zero-order valence-electron chi connectivity index (χ0n) is 11.2. The van der Waals surface area contributed by atoms with E-state index in [0.29, 0.717) is 18.1 Å². The van der Waals surface area contributed by atoms with Crippen LogP contribution >= 0.6 is 23.1 Å². The summed E-state index contributed by atoms with van der Waals surface area (Å²) in [7, 11) is 0. The number of amides is 2. The van der Waals surface area contributed by atoms with Gasteiger partial charge in [-0.05, 0) is 20.3 Å². The third kappa shape index (κ3) is 4.82. The highest BCUT2D eigenvalue weighted by Gasteiger charge is 2.05. The average molecular weight is 313 g/mol. The number of nitrogens with one attached hydrogen (secondary N) is 2. The van der Waals surface area contributed by atoms with E-state index in [1.807, 2.05) is 6.92 Å². The lowest BCUT2D eigenvalue weighted by molar-refractivity contribution is 0.252. The number of aromatic nitrogens is 3. The van der Waals surface area contributed by atoms with E-state index in [-0.39, 0.29) is 6.03 Å². The quantitative estimate of drug-likeness (QED) is 0.628. The van der Waals surface area contributed by atoms with Gasteiger partial charge in [0.05, 0.1) is 0 Å². The van der Waals surface area contributed by atoms with Crippen LogP contribution in [0.2, 0.25) is 0 Å². The number of carbonyl (C=O) groups excluding carboxylic acids is 1. The number of rotatable bonds is 6. The van der Waals surface area contributed by atoms with Gasteiger partial charge in [0.25, 0.3) is 0 Å². The molecule has 0 radical (unpaired) electrons. The standard InChI is InChI=1S/C11H15N5O2S2/c1-7-6-9(16-18-7)13-10(17)12-4-3-5-19-11-15-14-8(2)20-11/h6H,3-5H2,1-2H3,(H2,12,13,16,17). The van der Waals surface area contributed by atoms with Crippen molar-refractivity contribution < 1.29 is 9.32 Å². The van der Waals surface area contributed by atoms with E-state index in [2.05, 4.69) is 26.0 Å². The molecule has 0 aliphatic heterocycles. The van der Waals surface area contributed by atoms with Crippen LogP contribution in [-0.4, -0.2) is 33.7 Å². The molecule has 0 atom stereocenters. The number of hydrogen-bond donors (Lipinski definition) is 2. The molecule has 0 saturated heterocycles. The van der Waals surface area contributed by atoms with Crippen LogP contribution in [0.1, 0.15) is 17.2 Å². The van der Waals surface area contributed by atoms with E-state index < -0.39 is 0 Å². The molecule has 2 amide bonds. The molecule has 0 saturated carbocycles. The molecule has 7 nitrogen and oxygen atoms in total. The SMILES string of the molecule is Cc1cc(NC(=O)NCCCSc2nnc(C)s2)no1. The van der Waals surface area contributed by atoms with Crippen LogP contribution in [-0.2, 0) is 0 Å². The first-order valence-corrected chi connectivity index (χ1v) is 7.85. The summed E-state index contributed by atoms with van der Waals surface area (Å²) in [4.78, 5) is 11.5. The van der Waals surface area contributed by atoms with Crippen LogP contribution in [0.15, 0.2) is 14.9 Å². The minimum Gasteiger partial charge on any atom is -0.360 e. The van der Waals surface area contributed by atoms with Crippen LogP contribution in [0, 0.1) is 13.8 Å². The molecule has 2 rings (SSSR count). The fourth-order valence-corrected chi connectivity index (χ4v) is 3.18. The summed E-state index contributed by atoms with van der Waals surface area (Å²) in [6, 6.07) is 1.38. The van der Waals surface area contributed by atoms with Crippen molar-refractivity contribution in [3.63, 3.8) is 0 Å². The Labute approximate surface area is 124 Å². The van der Waals surface area contributed by atoms with Gasteiger partial charge in [-0.1, -0.05) is 28.3 Å². The second-order valence-corrected chi connectivity index (χ2v) is 6.52. The average Bonchev–Trinajstić information content (AvgIpc) is 2.98. The van der Waals surface area contributed by atoms with Crippen molar-refractivity contribution in [2.75, 3.05) is 17.6 Å². The first-order chi connectivity index (χ1) is 9.63. The van der Waals surface area contributed by atoms with Crippen LogP contribution in [0.4, 0.5) is 10.6 Å². The summed E-state index contributed by atoms with van der Waals surface area (Å²) >= 11 is 3.22. The third-order valence-electron chi connectivity index (χ3n) is 2.21. The Morgan fingerprint density at radius 3 is 2.95 bits per heavy atom. The van der Waals surface area contributed by atoms with Crippen molar-refractivity contribution in [1.82, 2.24) is 20.7 Å². The molecule has 0 aromatic carbocycles. The van der Waals surface area contributed by atoms with Gasteiger partial charge in [0.2, 0.25) is 0 Å². The molecule has 9 heteroatoms. The van der Waals surface area contributed by atoms with Crippen molar-refractivity contribution in [3.8, 4) is 0 Å². The molecule has 0 bridgehead atoms. The molecule has 20 heavy (non-hydrogen) atoms. The van der Waals surface area contributed by atoms with Gasteiger partial charge in [0.15, 0.2) is 10.2 Å². The third-order valence-corrected chi connectivity index (χ3v) is 4.27.